The summed E-state index contributed by atoms with van der Waals surface area (Å²) in [6, 6.07) is 18.8. The van der Waals surface area contributed by atoms with E-state index in [2.05, 4.69) is 53.2 Å². The van der Waals surface area contributed by atoms with Gasteiger partial charge in [-0.25, -0.2) is 0 Å². The van der Waals surface area contributed by atoms with Crippen LogP contribution in [0.15, 0.2) is 60.8 Å². The molecule has 0 saturated carbocycles. The Bertz CT molecular complexity index is 670. The molecule has 1 heterocycles. The summed E-state index contributed by atoms with van der Waals surface area (Å²) in [4.78, 5) is 0. The zero-order chi connectivity index (χ0) is 13.1. The maximum Gasteiger partial charge on any atom is 0.128 e. The van der Waals surface area contributed by atoms with Gasteiger partial charge in [0.05, 0.1) is 12.1 Å². The molecule has 2 nitrogen and oxygen atoms in total. The number of aromatic nitrogens is 1. The van der Waals surface area contributed by atoms with Crippen LogP contribution in [0.5, 0.6) is 5.75 Å². The smallest absolute Gasteiger partial charge is 0.128 e. The predicted molar refractivity (Wildman–Crippen MR) is 78.7 cm³/mol. The second-order valence-corrected chi connectivity index (χ2v) is 4.55. The molecule has 0 amide bonds. The summed E-state index contributed by atoms with van der Waals surface area (Å²) in [6.45, 7) is 3.60. The van der Waals surface area contributed by atoms with E-state index >= 15 is 0 Å². The first-order valence-electron chi connectivity index (χ1n) is 6.63. The van der Waals surface area contributed by atoms with Crippen molar-refractivity contribution < 1.29 is 4.74 Å². The Morgan fingerprint density at radius 1 is 0.947 bits per heavy atom. The lowest BCUT2D eigenvalue weighted by Gasteiger charge is -2.08. The van der Waals surface area contributed by atoms with Gasteiger partial charge < -0.3 is 9.30 Å². The molecule has 1 aromatic heterocycles. The number of nitrogens with zero attached hydrogens (tertiary/aromatic N) is 1. The van der Waals surface area contributed by atoms with Crippen molar-refractivity contribution in [1.82, 2.24) is 4.57 Å². The number of benzene rings is 2. The number of hydrogen-bond donors (Lipinski definition) is 0. The average molecular weight is 251 g/mol. The van der Waals surface area contributed by atoms with Crippen LogP contribution >= 0.6 is 0 Å². The minimum atomic E-state index is 0.697. The third-order valence-corrected chi connectivity index (χ3v) is 3.27. The number of ether oxygens (including phenoxy) is 1. The van der Waals surface area contributed by atoms with Gasteiger partial charge in [-0.3, -0.25) is 0 Å². The quantitative estimate of drug-likeness (QED) is 0.681. The van der Waals surface area contributed by atoms with Crippen LogP contribution in [0.25, 0.3) is 10.9 Å². The standard InChI is InChI=1S/C17H17NO/c1-2-19-17-10-6-9-16-15(17)11-12-18(16)13-14-7-4-3-5-8-14/h3-12H,2,13H2,1H3. The maximum absolute atomic E-state index is 5.67. The van der Waals surface area contributed by atoms with E-state index in [-0.39, 0.29) is 0 Å². The van der Waals surface area contributed by atoms with Gasteiger partial charge in [0.1, 0.15) is 5.75 Å². The third kappa shape index (κ3) is 2.34. The molecular formula is C17H17NO. The second-order valence-electron chi connectivity index (χ2n) is 4.55. The highest BCUT2D eigenvalue weighted by atomic mass is 16.5. The highest BCUT2D eigenvalue weighted by Gasteiger charge is 2.06. The maximum atomic E-state index is 5.67. The highest BCUT2D eigenvalue weighted by molar-refractivity contribution is 5.86. The van der Waals surface area contributed by atoms with Crippen molar-refractivity contribution in [2.45, 2.75) is 13.5 Å². The van der Waals surface area contributed by atoms with Crippen molar-refractivity contribution in [1.29, 1.82) is 0 Å². The first kappa shape index (κ1) is 11.8. The van der Waals surface area contributed by atoms with E-state index in [0.717, 1.165) is 12.3 Å². The lowest BCUT2D eigenvalue weighted by atomic mass is 10.2. The van der Waals surface area contributed by atoms with Crippen LogP contribution in [0, 0.1) is 0 Å². The molecule has 0 N–H and O–H groups in total. The highest BCUT2D eigenvalue weighted by Crippen LogP contribution is 2.27. The summed E-state index contributed by atoms with van der Waals surface area (Å²) in [6.07, 6.45) is 2.13. The van der Waals surface area contributed by atoms with Crippen LogP contribution in [-0.4, -0.2) is 11.2 Å². The molecule has 2 heteroatoms. The zero-order valence-electron chi connectivity index (χ0n) is 11.0. The fraction of sp³-hybridized carbons (Fsp3) is 0.176. The van der Waals surface area contributed by atoms with Crippen LogP contribution < -0.4 is 4.74 Å². The van der Waals surface area contributed by atoms with Crippen molar-refractivity contribution in [3.8, 4) is 5.75 Å². The summed E-state index contributed by atoms with van der Waals surface area (Å²) in [5.74, 6) is 0.965. The molecule has 0 aliphatic carbocycles. The van der Waals surface area contributed by atoms with Crippen LogP contribution in [0.3, 0.4) is 0 Å². The monoisotopic (exact) mass is 251 g/mol. The Morgan fingerprint density at radius 3 is 2.58 bits per heavy atom. The van der Waals surface area contributed by atoms with Gasteiger partial charge in [0.25, 0.3) is 0 Å². The molecule has 3 rings (SSSR count). The van der Waals surface area contributed by atoms with Gasteiger partial charge in [-0.05, 0) is 30.7 Å². The average Bonchev–Trinajstić information content (AvgIpc) is 2.85. The van der Waals surface area contributed by atoms with Crippen molar-refractivity contribution in [3.63, 3.8) is 0 Å². The lowest BCUT2D eigenvalue weighted by molar-refractivity contribution is 0.344. The molecular weight excluding hydrogens is 234 g/mol. The minimum Gasteiger partial charge on any atom is -0.493 e. The molecule has 0 fully saturated rings. The number of rotatable bonds is 4. The Morgan fingerprint density at radius 2 is 1.79 bits per heavy atom. The zero-order valence-corrected chi connectivity index (χ0v) is 11.0. The van der Waals surface area contributed by atoms with E-state index in [0.29, 0.717) is 6.61 Å². The van der Waals surface area contributed by atoms with Gasteiger partial charge in [-0.15, -0.1) is 0 Å². The van der Waals surface area contributed by atoms with Gasteiger partial charge in [0, 0.05) is 18.1 Å². The molecule has 2 aromatic carbocycles. The van der Waals surface area contributed by atoms with Gasteiger partial charge in [0.15, 0.2) is 0 Å². The molecule has 3 aromatic rings. The molecule has 0 spiro atoms. The van der Waals surface area contributed by atoms with Crippen LogP contribution in [0.1, 0.15) is 12.5 Å². The van der Waals surface area contributed by atoms with E-state index in [1.54, 1.807) is 0 Å². The summed E-state index contributed by atoms with van der Waals surface area (Å²) >= 11 is 0. The summed E-state index contributed by atoms with van der Waals surface area (Å²) in [5.41, 5.74) is 2.52. The molecule has 0 atom stereocenters. The van der Waals surface area contributed by atoms with Crippen molar-refractivity contribution in [3.05, 3.63) is 66.4 Å². The van der Waals surface area contributed by atoms with Crippen LogP contribution in [0.2, 0.25) is 0 Å². The molecule has 0 bridgehead atoms. The molecule has 19 heavy (non-hydrogen) atoms. The van der Waals surface area contributed by atoms with Crippen LogP contribution in [0.4, 0.5) is 0 Å². The van der Waals surface area contributed by atoms with E-state index in [9.17, 15) is 0 Å². The first-order valence-corrected chi connectivity index (χ1v) is 6.63. The Labute approximate surface area is 113 Å². The SMILES string of the molecule is CCOc1cccc2c1ccn2Cc1ccccc1. The van der Waals surface area contributed by atoms with Crippen molar-refractivity contribution in [2.24, 2.45) is 0 Å². The van der Waals surface area contributed by atoms with E-state index in [4.69, 9.17) is 4.74 Å². The van der Waals surface area contributed by atoms with Gasteiger partial charge >= 0.3 is 0 Å². The van der Waals surface area contributed by atoms with E-state index < -0.39 is 0 Å². The van der Waals surface area contributed by atoms with E-state index in [1.807, 2.05) is 19.1 Å². The van der Waals surface area contributed by atoms with Crippen molar-refractivity contribution in [2.75, 3.05) is 6.61 Å². The predicted octanol–water partition coefficient (Wildman–Crippen LogP) is 4.09. The van der Waals surface area contributed by atoms with Gasteiger partial charge in [0.2, 0.25) is 0 Å². The Hall–Kier alpha value is -2.22. The summed E-state index contributed by atoms with van der Waals surface area (Å²) in [5, 5.41) is 1.18. The van der Waals surface area contributed by atoms with Gasteiger partial charge in [-0.2, -0.15) is 0 Å². The molecule has 0 aliphatic rings. The first-order chi connectivity index (χ1) is 9.38. The molecule has 0 saturated heterocycles. The van der Waals surface area contributed by atoms with E-state index in [1.165, 1.54) is 16.5 Å². The lowest BCUT2D eigenvalue weighted by Crippen LogP contribution is -1.97. The minimum absolute atomic E-state index is 0.697. The normalized spacial score (nSPS) is 10.8. The largest absolute Gasteiger partial charge is 0.493 e. The Balaban J connectivity index is 1.99. The van der Waals surface area contributed by atoms with Crippen molar-refractivity contribution >= 4 is 10.9 Å². The fourth-order valence-corrected chi connectivity index (χ4v) is 2.39. The molecule has 0 unspecified atom stereocenters. The number of fused-ring (bicyclic) bond motifs is 1. The van der Waals surface area contributed by atoms with Crippen LogP contribution in [-0.2, 0) is 6.54 Å². The number of hydrogen-bond acceptors (Lipinski definition) is 1. The molecule has 96 valence electrons. The second kappa shape index (κ2) is 5.19. The summed E-state index contributed by atoms with van der Waals surface area (Å²) < 4.78 is 7.93. The Kier molecular flexibility index (Phi) is 3.23. The third-order valence-electron chi connectivity index (χ3n) is 3.27. The molecule has 0 aliphatic heterocycles. The topological polar surface area (TPSA) is 14.2 Å². The van der Waals surface area contributed by atoms with Gasteiger partial charge in [-0.1, -0.05) is 36.4 Å². The fourth-order valence-electron chi connectivity index (χ4n) is 2.39. The molecule has 0 radical (unpaired) electrons. The summed E-state index contributed by atoms with van der Waals surface area (Å²) in [7, 11) is 0.